The third-order valence-corrected chi connectivity index (χ3v) is 10.6. The lowest BCUT2D eigenvalue weighted by atomic mass is 10.0. The van der Waals surface area contributed by atoms with Gasteiger partial charge in [-0.05, 0) is 64.2 Å². The monoisotopic (exact) mass is 813 g/mol. The van der Waals surface area contributed by atoms with Crippen molar-refractivity contribution in [2.24, 2.45) is 0 Å². The van der Waals surface area contributed by atoms with Gasteiger partial charge in [-0.15, -0.1) is 0 Å². The summed E-state index contributed by atoms with van der Waals surface area (Å²) in [7, 11) is 0. The molecule has 1 atom stereocenters. The Hall–Kier alpha value is -2.63. The first-order valence-electron chi connectivity index (χ1n) is 24.7. The largest absolute Gasteiger partial charge is 0.462 e. The Bertz CT molecular complexity index is 1030. The number of allylic oxidation sites excluding steroid dienone is 8. The summed E-state index contributed by atoms with van der Waals surface area (Å²) in [6, 6.07) is 0. The molecule has 0 aromatic rings. The predicted octanol–water partition coefficient (Wildman–Crippen LogP) is 15.9. The Morgan fingerprint density at radius 3 is 1.10 bits per heavy atom. The zero-order chi connectivity index (χ0) is 42.3. The van der Waals surface area contributed by atoms with Gasteiger partial charge < -0.3 is 14.2 Å². The summed E-state index contributed by atoms with van der Waals surface area (Å²) in [6.07, 6.45) is 55.2. The van der Waals surface area contributed by atoms with Crippen molar-refractivity contribution in [2.45, 2.75) is 252 Å². The van der Waals surface area contributed by atoms with Crippen LogP contribution in [0.2, 0.25) is 0 Å². The fraction of sp³-hybridized carbons (Fsp3) is 0.788. The normalized spacial score (nSPS) is 12.4. The molecule has 0 N–H and O–H groups in total. The van der Waals surface area contributed by atoms with E-state index in [0.29, 0.717) is 19.3 Å². The molecular weight excluding hydrogens is 721 g/mol. The lowest BCUT2D eigenvalue weighted by Gasteiger charge is -2.18. The molecule has 0 aromatic heterocycles. The number of ether oxygens (including phenoxy) is 3. The molecule has 0 aliphatic carbocycles. The zero-order valence-corrected chi connectivity index (χ0v) is 38.3. The molecule has 6 heteroatoms. The van der Waals surface area contributed by atoms with Crippen LogP contribution in [0.4, 0.5) is 0 Å². The summed E-state index contributed by atoms with van der Waals surface area (Å²) in [4.78, 5) is 37.9. The topological polar surface area (TPSA) is 78.9 Å². The molecule has 6 nitrogen and oxygen atoms in total. The summed E-state index contributed by atoms with van der Waals surface area (Å²) < 4.78 is 16.7. The van der Waals surface area contributed by atoms with Gasteiger partial charge in [0.1, 0.15) is 13.2 Å². The van der Waals surface area contributed by atoms with Crippen LogP contribution >= 0.6 is 0 Å². The zero-order valence-electron chi connectivity index (χ0n) is 38.3. The Morgan fingerprint density at radius 1 is 0.362 bits per heavy atom. The predicted molar refractivity (Wildman–Crippen MR) is 247 cm³/mol. The van der Waals surface area contributed by atoms with Gasteiger partial charge >= 0.3 is 17.9 Å². The van der Waals surface area contributed by atoms with Crippen LogP contribution in [-0.4, -0.2) is 37.2 Å². The number of carbonyl (C=O) groups excluding carboxylic acids is 3. The van der Waals surface area contributed by atoms with Crippen molar-refractivity contribution >= 4 is 17.9 Å². The first kappa shape index (κ1) is 55.4. The van der Waals surface area contributed by atoms with Gasteiger partial charge in [-0.1, -0.05) is 211 Å². The van der Waals surface area contributed by atoms with Gasteiger partial charge in [-0.2, -0.15) is 0 Å². The average Bonchev–Trinajstić information content (AvgIpc) is 3.22. The molecular formula is C52H92O6. The van der Waals surface area contributed by atoms with Gasteiger partial charge in [0.05, 0.1) is 0 Å². The standard InChI is InChI=1S/C52H92O6/c1-4-7-10-13-16-19-22-25-26-28-30-33-36-39-42-45-51(54)57-48-49(47-56-50(53)44-41-38-35-32-29-24-21-18-15-12-9-6-3)58-52(55)46-43-40-37-34-31-27-23-20-17-14-11-8-5-2/h8,11,14,17,19-20,22-23,49H,4-7,9-10,12-13,15-16,18,21,24-48H2,1-3H3/b11-8-,17-14-,22-19-,23-20-. The maximum Gasteiger partial charge on any atom is 0.306 e. The van der Waals surface area contributed by atoms with E-state index in [-0.39, 0.29) is 31.1 Å². The lowest BCUT2D eigenvalue weighted by Crippen LogP contribution is -2.30. The summed E-state index contributed by atoms with van der Waals surface area (Å²) in [5.74, 6) is -0.902. The molecule has 336 valence electrons. The molecule has 0 fully saturated rings. The van der Waals surface area contributed by atoms with Crippen molar-refractivity contribution in [1.29, 1.82) is 0 Å². The van der Waals surface area contributed by atoms with E-state index < -0.39 is 6.10 Å². The number of unbranched alkanes of at least 4 members (excludes halogenated alkanes) is 27. The summed E-state index contributed by atoms with van der Waals surface area (Å²) >= 11 is 0. The molecule has 1 unspecified atom stereocenters. The maximum absolute atomic E-state index is 12.7. The summed E-state index contributed by atoms with van der Waals surface area (Å²) in [5, 5.41) is 0. The number of hydrogen-bond acceptors (Lipinski definition) is 6. The third kappa shape index (κ3) is 44.5. The van der Waals surface area contributed by atoms with E-state index in [1.165, 1.54) is 122 Å². The molecule has 0 spiro atoms. The van der Waals surface area contributed by atoms with Crippen molar-refractivity contribution < 1.29 is 28.6 Å². The molecule has 0 heterocycles. The van der Waals surface area contributed by atoms with Gasteiger partial charge in [0.15, 0.2) is 6.10 Å². The lowest BCUT2D eigenvalue weighted by molar-refractivity contribution is -0.167. The van der Waals surface area contributed by atoms with E-state index >= 15 is 0 Å². The highest BCUT2D eigenvalue weighted by molar-refractivity contribution is 5.71. The highest BCUT2D eigenvalue weighted by Gasteiger charge is 2.19. The van der Waals surface area contributed by atoms with Gasteiger partial charge in [0, 0.05) is 19.3 Å². The van der Waals surface area contributed by atoms with E-state index in [1.807, 2.05) is 0 Å². The van der Waals surface area contributed by atoms with E-state index in [2.05, 4.69) is 69.4 Å². The highest BCUT2D eigenvalue weighted by atomic mass is 16.6. The van der Waals surface area contributed by atoms with Crippen LogP contribution in [0, 0.1) is 0 Å². The third-order valence-electron chi connectivity index (χ3n) is 10.6. The molecule has 0 aliphatic rings. The van der Waals surface area contributed by atoms with E-state index in [0.717, 1.165) is 83.5 Å². The van der Waals surface area contributed by atoms with Crippen molar-refractivity contribution in [2.75, 3.05) is 13.2 Å². The second-order valence-electron chi connectivity index (χ2n) is 16.4. The molecule has 0 aliphatic heterocycles. The van der Waals surface area contributed by atoms with Crippen LogP contribution in [-0.2, 0) is 28.6 Å². The smallest absolute Gasteiger partial charge is 0.306 e. The second-order valence-corrected chi connectivity index (χ2v) is 16.4. The summed E-state index contributed by atoms with van der Waals surface area (Å²) in [5.41, 5.74) is 0. The molecule has 58 heavy (non-hydrogen) atoms. The van der Waals surface area contributed by atoms with Crippen molar-refractivity contribution in [1.82, 2.24) is 0 Å². The molecule has 0 amide bonds. The second kappa shape index (κ2) is 47.1. The van der Waals surface area contributed by atoms with Gasteiger partial charge in [0.25, 0.3) is 0 Å². The SMILES string of the molecule is CC\C=C/C=C\C=C/CCCCCCCC(=O)OC(COC(=O)CCCCCCCCC/C=C\CCCCCC)COC(=O)CCCCCCCCCCCCCC. The minimum Gasteiger partial charge on any atom is -0.462 e. The first-order chi connectivity index (χ1) is 28.5. The summed E-state index contributed by atoms with van der Waals surface area (Å²) in [6.45, 7) is 6.47. The Morgan fingerprint density at radius 2 is 0.690 bits per heavy atom. The minimum atomic E-state index is -0.781. The fourth-order valence-electron chi connectivity index (χ4n) is 6.91. The van der Waals surface area contributed by atoms with Gasteiger partial charge in [0.2, 0.25) is 0 Å². The molecule has 0 radical (unpaired) electrons. The highest BCUT2D eigenvalue weighted by Crippen LogP contribution is 2.15. The van der Waals surface area contributed by atoms with E-state index in [4.69, 9.17) is 14.2 Å². The van der Waals surface area contributed by atoms with Crippen LogP contribution in [0.15, 0.2) is 48.6 Å². The van der Waals surface area contributed by atoms with Crippen molar-refractivity contribution in [3.05, 3.63) is 48.6 Å². The maximum atomic E-state index is 12.7. The number of carbonyl (C=O) groups is 3. The average molecular weight is 813 g/mol. The van der Waals surface area contributed by atoms with Crippen LogP contribution in [0.1, 0.15) is 245 Å². The number of esters is 3. The Balaban J connectivity index is 4.39. The van der Waals surface area contributed by atoms with E-state index in [1.54, 1.807) is 0 Å². The quantitative estimate of drug-likeness (QED) is 0.0200. The fourth-order valence-corrected chi connectivity index (χ4v) is 6.91. The minimum absolute atomic E-state index is 0.0809. The van der Waals surface area contributed by atoms with Crippen LogP contribution in [0.25, 0.3) is 0 Å². The number of rotatable bonds is 44. The van der Waals surface area contributed by atoms with Crippen LogP contribution in [0.3, 0.4) is 0 Å². The van der Waals surface area contributed by atoms with Crippen LogP contribution < -0.4 is 0 Å². The first-order valence-corrected chi connectivity index (χ1v) is 24.7. The van der Waals surface area contributed by atoms with Crippen molar-refractivity contribution in [3.8, 4) is 0 Å². The molecule has 0 saturated carbocycles. The Kier molecular flexibility index (Phi) is 44.9. The van der Waals surface area contributed by atoms with Gasteiger partial charge in [-0.3, -0.25) is 14.4 Å². The van der Waals surface area contributed by atoms with Crippen LogP contribution in [0.5, 0.6) is 0 Å². The van der Waals surface area contributed by atoms with Gasteiger partial charge in [-0.25, -0.2) is 0 Å². The molecule has 0 saturated heterocycles. The number of hydrogen-bond donors (Lipinski definition) is 0. The Labute approximate surface area is 358 Å². The molecule has 0 rings (SSSR count). The van der Waals surface area contributed by atoms with Crippen molar-refractivity contribution in [3.63, 3.8) is 0 Å². The molecule has 0 aromatic carbocycles. The van der Waals surface area contributed by atoms with E-state index in [9.17, 15) is 14.4 Å². The molecule has 0 bridgehead atoms.